The van der Waals surface area contributed by atoms with E-state index in [4.69, 9.17) is 10.5 Å². The van der Waals surface area contributed by atoms with Gasteiger partial charge in [-0.3, -0.25) is 4.90 Å². The first-order valence-electron chi connectivity index (χ1n) is 7.55. The molecule has 3 nitrogen and oxygen atoms in total. The highest BCUT2D eigenvalue weighted by Gasteiger charge is 2.41. The third-order valence-corrected chi connectivity index (χ3v) is 5.09. The van der Waals surface area contributed by atoms with Gasteiger partial charge < -0.3 is 10.5 Å². The van der Waals surface area contributed by atoms with Gasteiger partial charge >= 0.3 is 0 Å². The minimum absolute atomic E-state index is 0.324. The average molecular weight is 254 g/mol. The number of hydrogen-bond donors (Lipinski definition) is 1. The van der Waals surface area contributed by atoms with Crippen LogP contribution in [0.25, 0.3) is 0 Å². The Balaban J connectivity index is 1.95. The van der Waals surface area contributed by atoms with Crippen molar-refractivity contribution < 1.29 is 4.74 Å². The van der Waals surface area contributed by atoms with E-state index in [2.05, 4.69) is 32.6 Å². The summed E-state index contributed by atoms with van der Waals surface area (Å²) in [6, 6.07) is 0.949. The highest BCUT2D eigenvalue weighted by atomic mass is 16.5. The number of rotatable bonds is 3. The lowest BCUT2D eigenvalue weighted by Crippen LogP contribution is -2.52. The van der Waals surface area contributed by atoms with Gasteiger partial charge in [-0.2, -0.15) is 0 Å². The van der Waals surface area contributed by atoms with E-state index in [0.717, 1.165) is 19.7 Å². The Morgan fingerprint density at radius 2 is 2.11 bits per heavy atom. The Labute approximate surface area is 112 Å². The average Bonchev–Trinajstić information content (AvgIpc) is 2.57. The fraction of sp³-hybridized carbons (Fsp3) is 1.00. The number of nitrogens with two attached hydrogens (primary N) is 1. The molecule has 0 aromatic carbocycles. The zero-order chi connectivity index (χ0) is 13.3. The third-order valence-electron chi connectivity index (χ3n) is 5.09. The standard InChI is InChI=1S/C15H30N2O/c1-5-13-10-18-11(2)8-17(13)9-12-6-7-15(3,4)14(12)16/h11-14H,5-10,16H2,1-4H3. The summed E-state index contributed by atoms with van der Waals surface area (Å²) in [5, 5.41) is 0. The van der Waals surface area contributed by atoms with Crippen molar-refractivity contribution in [1.29, 1.82) is 0 Å². The summed E-state index contributed by atoms with van der Waals surface area (Å²) >= 11 is 0. The molecule has 3 heteroatoms. The predicted octanol–water partition coefficient (Wildman–Crippen LogP) is 2.25. The Hall–Kier alpha value is -0.120. The van der Waals surface area contributed by atoms with Crippen molar-refractivity contribution in [3.05, 3.63) is 0 Å². The molecule has 0 radical (unpaired) electrons. The Morgan fingerprint density at radius 3 is 2.67 bits per heavy atom. The Kier molecular flexibility index (Phi) is 4.35. The number of hydrogen-bond acceptors (Lipinski definition) is 3. The summed E-state index contributed by atoms with van der Waals surface area (Å²) in [7, 11) is 0. The first-order chi connectivity index (χ1) is 8.44. The first-order valence-corrected chi connectivity index (χ1v) is 7.55. The van der Waals surface area contributed by atoms with E-state index in [1.54, 1.807) is 0 Å². The highest BCUT2D eigenvalue weighted by molar-refractivity contribution is 4.96. The van der Waals surface area contributed by atoms with Crippen LogP contribution in [0, 0.1) is 11.3 Å². The fourth-order valence-corrected chi connectivity index (χ4v) is 3.56. The molecule has 106 valence electrons. The monoisotopic (exact) mass is 254 g/mol. The summed E-state index contributed by atoms with van der Waals surface area (Å²) in [4.78, 5) is 2.63. The molecule has 1 aliphatic carbocycles. The van der Waals surface area contributed by atoms with Crippen LogP contribution in [0.1, 0.15) is 47.0 Å². The van der Waals surface area contributed by atoms with Gasteiger partial charge in [0.15, 0.2) is 0 Å². The second kappa shape index (κ2) is 5.48. The molecule has 0 aromatic rings. The van der Waals surface area contributed by atoms with E-state index in [9.17, 15) is 0 Å². The molecule has 0 amide bonds. The van der Waals surface area contributed by atoms with E-state index in [-0.39, 0.29) is 0 Å². The number of morpholine rings is 1. The lowest BCUT2D eigenvalue weighted by molar-refractivity contribution is -0.0614. The Bertz CT molecular complexity index is 280. The van der Waals surface area contributed by atoms with Crippen LogP contribution in [-0.2, 0) is 4.74 Å². The van der Waals surface area contributed by atoms with Gasteiger partial charge in [0, 0.05) is 25.2 Å². The van der Waals surface area contributed by atoms with Crippen LogP contribution < -0.4 is 5.73 Å². The van der Waals surface area contributed by atoms with Crippen LogP contribution in [0.3, 0.4) is 0 Å². The maximum absolute atomic E-state index is 6.44. The molecule has 2 rings (SSSR count). The van der Waals surface area contributed by atoms with Crippen molar-refractivity contribution in [2.24, 2.45) is 17.1 Å². The predicted molar refractivity (Wildman–Crippen MR) is 75.5 cm³/mol. The molecule has 2 fully saturated rings. The van der Waals surface area contributed by atoms with Crippen molar-refractivity contribution in [2.75, 3.05) is 19.7 Å². The maximum Gasteiger partial charge on any atom is 0.0674 e. The third kappa shape index (κ3) is 2.89. The van der Waals surface area contributed by atoms with Gasteiger partial charge in [0.25, 0.3) is 0 Å². The van der Waals surface area contributed by atoms with Gasteiger partial charge in [-0.25, -0.2) is 0 Å². The summed E-state index contributed by atoms with van der Waals surface area (Å²) in [6.45, 7) is 12.2. The first kappa shape index (κ1) is 14.3. The lowest BCUT2D eigenvalue weighted by Gasteiger charge is -2.40. The highest BCUT2D eigenvalue weighted by Crippen LogP contribution is 2.40. The number of ether oxygens (including phenoxy) is 1. The zero-order valence-electron chi connectivity index (χ0n) is 12.5. The molecule has 1 aliphatic heterocycles. The largest absolute Gasteiger partial charge is 0.376 e. The Morgan fingerprint density at radius 1 is 1.39 bits per heavy atom. The van der Waals surface area contributed by atoms with Gasteiger partial charge in [0.2, 0.25) is 0 Å². The summed E-state index contributed by atoms with van der Waals surface area (Å²) in [6.07, 6.45) is 4.11. The molecular formula is C15H30N2O. The van der Waals surface area contributed by atoms with Crippen LogP contribution in [0.2, 0.25) is 0 Å². The van der Waals surface area contributed by atoms with Crippen LogP contribution in [0.15, 0.2) is 0 Å². The summed E-state index contributed by atoms with van der Waals surface area (Å²) in [5.74, 6) is 0.666. The van der Waals surface area contributed by atoms with Gasteiger partial charge in [-0.1, -0.05) is 20.8 Å². The molecule has 4 unspecified atom stereocenters. The van der Waals surface area contributed by atoms with Crippen LogP contribution in [-0.4, -0.2) is 42.8 Å². The van der Waals surface area contributed by atoms with E-state index in [1.807, 2.05) is 0 Å². The molecular weight excluding hydrogens is 224 g/mol. The van der Waals surface area contributed by atoms with Gasteiger partial charge in [0.05, 0.1) is 12.7 Å². The van der Waals surface area contributed by atoms with Crippen molar-refractivity contribution in [3.8, 4) is 0 Å². The SMILES string of the molecule is CCC1COC(C)CN1CC1CCC(C)(C)C1N. The molecule has 18 heavy (non-hydrogen) atoms. The van der Waals surface area contributed by atoms with E-state index in [1.165, 1.54) is 19.3 Å². The van der Waals surface area contributed by atoms with Crippen molar-refractivity contribution in [3.63, 3.8) is 0 Å². The summed E-state index contributed by atoms with van der Waals surface area (Å²) < 4.78 is 5.77. The van der Waals surface area contributed by atoms with Crippen LogP contribution in [0.5, 0.6) is 0 Å². The minimum atomic E-state index is 0.324. The molecule has 1 saturated carbocycles. The second-order valence-electron chi connectivity index (χ2n) is 6.97. The van der Waals surface area contributed by atoms with Crippen LogP contribution in [0.4, 0.5) is 0 Å². The van der Waals surface area contributed by atoms with E-state index >= 15 is 0 Å². The van der Waals surface area contributed by atoms with Crippen molar-refractivity contribution in [1.82, 2.24) is 4.90 Å². The molecule has 0 bridgehead atoms. The summed E-state index contributed by atoms with van der Waals surface area (Å²) in [5.41, 5.74) is 6.76. The zero-order valence-corrected chi connectivity index (χ0v) is 12.5. The molecule has 2 N–H and O–H groups in total. The van der Waals surface area contributed by atoms with Gasteiger partial charge in [-0.15, -0.1) is 0 Å². The molecule has 4 atom stereocenters. The molecule has 0 aromatic heterocycles. The minimum Gasteiger partial charge on any atom is -0.376 e. The second-order valence-corrected chi connectivity index (χ2v) is 6.97. The van der Waals surface area contributed by atoms with E-state index < -0.39 is 0 Å². The molecule has 2 aliphatic rings. The topological polar surface area (TPSA) is 38.5 Å². The maximum atomic E-state index is 6.44. The fourth-order valence-electron chi connectivity index (χ4n) is 3.56. The van der Waals surface area contributed by atoms with Crippen LogP contribution >= 0.6 is 0 Å². The van der Waals surface area contributed by atoms with Gasteiger partial charge in [0.1, 0.15) is 0 Å². The molecule has 0 spiro atoms. The van der Waals surface area contributed by atoms with Crippen molar-refractivity contribution in [2.45, 2.75) is 65.1 Å². The quantitative estimate of drug-likeness (QED) is 0.839. The normalized spacial score (nSPS) is 41.2. The number of nitrogens with zero attached hydrogens (tertiary/aromatic N) is 1. The smallest absolute Gasteiger partial charge is 0.0674 e. The molecule has 1 heterocycles. The molecule has 1 saturated heterocycles. The van der Waals surface area contributed by atoms with Gasteiger partial charge in [-0.05, 0) is 37.5 Å². The lowest BCUT2D eigenvalue weighted by atomic mass is 9.85. The van der Waals surface area contributed by atoms with E-state index in [0.29, 0.717) is 29.5 Å². The van der Waals surface area contributed by atoms with Crippen molar-refractivity contribution >= 4 is 0 Å².